The van der Waals surface area contributed by atoms with Gasteiger partial charge in [0, 0.05) is 44.5 Å². The van der Waals surface area contributed by atoms with Crippen LogP contribution in [-0.2, 0) is 11.3 Å². The van der Waals surface area contributed by atoms with Crippen molar-refractivity contribution in [2.45, 2.75) is 31.8 Å². The van der Waals surface area contributed by atoms with Gasteiger partial charge in [-0.25, -0.2) is 9.97 Å². The third-order valence-corrected chi connectivity index (χ3v) is 5.42. The van der Waals surface area contributed by atoms with Crippen molar-refractivity contribution in [1.29, 1.82) is 0 Å². The molecule has 2 saturated heterocycles. The van der Waals surface area contributed by atoms with Crippen LogP contribution >= 0.6 is 11.6 Å². The molecule has 4 heterocycles. The van der Waals surface area contributed by atoms with Gasteiger partial charge in [-0.2, -0.15) is 0 Å². The zero-order valence-corrected chi connectivity index (χ0v) is 16.3. The number of piperidine rings is 1. The van der Waals surface area contributed by atoms with E-state index in [1.54, 1.807) is 24.8 Å². The summed E-state index contributed by atoms with van der Waals surface area (Å²) in [6, 6.07) is 0.256. The van der Waals surface area contributed by atoms with Crippen molar-refractivity contribution in [2.75, 3.05) is 19.6 Å². The van der Waals surface area contributed by atoms with E-state index in [-0.39, 0.29) is 11.9 Å². The number of aliphatic imine (C=N–C) groups is 2. The van der Waals surface area contributed by atoms with Gasteiger partial charge in [0.15, 0.2) is 5.65 Å². The molecule has 0 aromatic carbocycles. The molecule has 1 unspecified atom stereocenters. The van der Waals surface area contributed by atoms with E-state index >= 15 is 0 Å². The maximum absolute atomic E-state index is 12.1. The van der Waals surface area contributed by atoms with Crippen LogP contribution in [0, 0.1) is 0 Å². The molecule has 0 spiro atoms. The maximum Gasteiger partial charge on any atom is 0.222 e. The van der Waals surface area contributed by atoms with Crippen molar-refractivity contribution in [2.24, 2.45) is 9.98 Å². The monoisotopic (exact) mass is 399 g/mol. The Bertz CT molecular complexity index is 951. The minimum Gasteiger partial charge on any atom is -0.353 e. The number of imidazole rings is 1. The first-order chi connectivity index (χ1) is 13.7. The lowest BCUT2D eigenvalue weighted by Gasteiger charge is -2.44. The molecule has 1 atom stereocenters. The molecule has 2 fully saturated rings. The van der Waals surface area contributed by atoms with E-state index in [1.807, 2.05) is 15.4 Å². The number of halogens is 1. The van der Waals surface area contributed by atoms with Gasteiger partial charge in [-0.1, -0.05) is 11.6 Å². The standard InChI is InChI=1S/C19H22ClN7O/c1-21-6-5-17(25-7-8-26-14(12-25)3-2-4-19(26)28)23-9-15-10-24-18-11-22-16(20)13-27(15)18/h5-6,10-11,13-14H,1-4,7-9,12H2/b6-5-,23-17+. The average Bonchev–Trinajstić information content (AvgIpc) is 3.10. The number of amidine groups is 1. The van der Waals surface area contributed by atoms with Gasteiger partial charge < -0.3 is 9.80 Å². The number of carbonyl (C=O) groups excluding carboxylic acids is 1. The van der Waals surface area contributed by atoms with Crippen LogP contribution in [0.1, 0.15) is 25.0 Å². The van der Waals surface area contributed by atoms with Crippen LogP contribution in [0.25, 0.3) is 5.65 Å². The Labute approximate surface area is 168 Å². The fourth-order valence-corrected chi connectivity index (χ4v) is 3.99. The molecule has 0 bridgehead atoms. The lowest BCUT2D eigenvalue weighted by molar-refractivity contribution is -0.138. The molecule has 2 aromatic rings. The average molecular weight is 400 g/mol. The Morgan fingerprint density at radius 3 is 3.11 bits per heavy atom. The molecule has 0 aliphatic carbocycles. The quantitative estimate of drug-likeness (QED) is 0.583. The largest absolute Gasteiger partial charge is 0.353 e. The second-order valence-electron chi connectivity index (χ2n) is 6.94. The van der Waals surface area contributed by atoms with Gasteiger partial charge in [0.05, 0.1) is 24.6 Å². The van der Waals surface area contributed by atoms with Gasteiger partial charge in [-0.3, -0.25) is 19.2 Å². The molecule has 2 aliphatic heterocycles. The fourth-order valence-electron chi connectivity index (χ4n) is 3.84. The van der Waals surface area contributed by atoms with E-state index in [1.165, 1.54) is 0 Å². The van der Waals surface area contributed by atoms with Crippen molar-refractivity contribution in [3.05, 3.63) is 41.7 Å². The molecular weight excluding hydrogens is 378 g/mol. The smallest absolute Gasteiger partial charge is 0.222 e. The van der Waals surface area contributed by atoms with Crippen molar-refractivity contribution in [3.63, 3.8) is 0 Å². The van der Waals surface area contributed by atoms with Crippen LogP contribution in [0.3, 0.4) is 0 Å². The Kier molecular flexibility index (Phi) is 5.38. The summed E-state index contributed by atoms with van der Waals surface area (Å²) in [6.45, 7) is 6.23. The number of rotatable bonds is 4. The summed E-state index contributed by atoms with van der Waals surface area (Å²) < 4.78 is 1.89. The first kappa shape index (κ1) is 18.6. The van der Waals surface area contributed by atoms with E-state index in [0.717, 1.165) is 49.7 Å². The number of aromatic nitrogens is 3. The van der Waals surface area contributed by atoms with Crippen LogP contribution in [0.2, 0.25) is 5.15 Å². The minimum atomic E-state index is 0.256. The number of piperazine rings is 1. The first-order valence-electron chi connectivity index (χ1n) is 9.34. The van der Waals surface area contributed by atoms with Gasteiger partial charge >= 0.3 is 0 Å². The third kappa shape index (κ3) is 3.77. The Morgan fingerprint density at radius 2 is 2.25 bits per heavy atom. The van der Waals surface area contributed by atoms with Gasteiger partial charge in [-0.15, -0.1) is 0 Å². The van der Waals surface area contributed by atoms with Gasteiger partial charge in [0.25, 0.3) is 0 Å². The maximum atomic E-state index is 12.1. The second kappa shape index (κ2) is 8.10. The lowest BCUT2D eigenvalue weighted by atomic mass is 9.99. The van der Waals surface area contributed by atoms with E-state index in [9.17, 15) is 4.79 Å². The predicted molar refractivity (Wildman–Crippen MR) is 109 cm³/mol. The number of hydrogen-bond donors (Lipinski definition) is 0. The predicted octanol–water partition coefficient (Wildman–Crippen LogP) is 2.19. The Morgan fingerprint density at radius 1 is 1.36 bits per heavy atom. The molecule has 2 aliphatic rings. The highest BCUT2D eigenvalue weighted by molar-refractivity contribution is 6.29. The Hall–Kier alpha value is -2.74. The van der Waals surface area contributed by atoms with Crippen LogP contribution in [0.15, 0.2) is 40.9 Å². The van der Waals surface area contributed by atoms with Gasteiger partial charge in [0.1, 0.15) is 11.0 Å². The van der Waals surface area contributed by atoms with Crippen LogP contribution in [-0.4, -0.2) is 68.3 Å². The molecule has 2 aromatic heterocycles. The van der Waals surface area contributed by atoms with E-state index < -0.39 is 0 Å². The van der Waals surface area contributed by atoms with E-state index in [2.05, 4.69) is 26.6 Å². The second-order valence-corrected chi connectivity index (χ2v) is 7.33. The minimum absolute atomic E-state index is 0.256. The molecule has 0 N–H and O–H groups in total. The van der Waals surface area contributed by atoms with Gasteiger partial charge in [-0.05, 0) is 25.6 Å². The lowest BCUT2D eigenvalue weighted by Crippen LogP contribution is -2.57. The first-order valence-corrected chi connectivity index (χ1v) is 9.72. The molecule has 0 saturated carbocycles. The van der Waals surface area contributed by atoms with Gasteiger partial charge in [0.2, 0.25) is 5.91 Å². The van der Waals surface area contributed by atoms with Crippen molar-refractivity contribution in [1.82, 2.24) is 24.2 Å². The van der Waals surface area contributed by atoms with Crippen LogP contribution < -0.4 is 0 Å². The zero-order valence-electron chi connectivity index (χ0n) is 15.5. The van der Waals surface area contributed by atoms with Crippen molar-refractivity contribution >= 4 is 35.7 Å². The summed E-state index contributed by atoms with van der Waals surface area (Å²) in [5.41, 5.74) is 1.65. The van der Waals surface area contributed by atoms with Crippen LogP contribution in [0.4, 0.5) is 0 Å². The molecule has 146 valence electrons. The van der Waals surface area contributed by atoms with E-state index in [4.69, 9.17) is 16.6 Å². The molecule has 8 nitrogen and oxygen atoms in total. The molecule has 0 radical (unpaired) electrons. The topological polar surface area (TPSA) is 78.5 Å². The SMILES string of the molecule is C=N/C=C\C(=N/Cc1cnc2cnc(Cl)cn12)N1CCN2C(=O)CCCC2C1. The molecular formula is C19H22ClN7O. The number of hydrogen-bond acceptors (Lipinski definition) is 5. The number of fused-ring (bicyclic) bond motifs is 2. The highest BCUT2D eigenvalue weighted by Crippen LogP contribution is 2.23. The third-order valence-electron chi connectivity index (χ3n) is 5.23. The highest BCUT2D eigenvalue weighted by atomic mass is 35.5. The number of amides is 1. The van der Waals surface area contributed by atoms with Crippen molar-refractivity contribution < 1.29 is 4.79 Å². The Balaban J connectivity index is 1.55. The number of nitrogens with zero attached hydrogens (tertiary/aromatic N) is 7. The highest BCUT2D eigenvalue weighted by Gasteiger charge is 2.33. The van der Waals surface area contributed by atoms with Crippen LogP contribution in [0.5, 0.6) is 0 Å². The summed E-state index contributed by atoms with van der Waals surface area (Å²) in [4.78, 5) is 33.4. The summed E-state index contributed by atoms with van der Waals surface area (Å²) in [5.74, 6) is 1.11. The molecule has 4 rings (SSSR count). The summed E-state index contributed by atoms with van der Waals surface area (Å²) >= 11 is 6.01. The van der Waals surface area contributed by atoms with Crippen molar-refractivity contribution in [3.8, 4) is 0 Å². The molecule has 28 heavy (non-hydrogen) atoms. The summed E-state index contributed by atoms with van der Waals surface area (Å²) in [5, 5.41) is 0.407. The molecule has 1 amide bonds. The molecule has 9 heteroatoms. The van der Waals surface area contributed by atoms with E-state index in [0.29, 0.717) is 18.1 Å². The summed E-state index contributed by atoms with van der Waals surface area (Å²) in [6.07, 6.45) is 11.3. The normalized spacial score (nSPS) is 20.8. The number of carbonyl (C=O) groups is 1. The summed E-state index contributed by atoms with van der Waals surface area (Å²) in [7, 11) is 0. The fraction of sp³-hybridized carbons (Fsp3) is 0.421. The zero-order chi connectivity index (χ0) is 19.5.